The normalized spacial score (nSPS) is 26.6. The molecule has 1 aliphatic rings. The molecule has 4 heteroatoms. The summed E-state index contributed by atoms with van der Waals surface area (Å²) in [5, 5.41) is 0. The Morgan fingerprint density at radius 1 is 1.69 bits per heavy atom. The lowest BCUT2D eigenvalue weighted by atomic mass is 10.5. The van der Waals surface area contributed by atoms with Gasteiger partial charge in [0.15, 0.2) is 9.04 Å². The van der Waals surface area contributed by atoms with E-state index in [4.69, 9.17) is 15.3 Å². The standard InChI is InChI=1S/C9H20O3Si/c1-3-12-13(2)6-4-5-10-7-9-8-11-9/h9,13H,3-8H2,1-2H3/i6D. The van der Waals surface area contributed by atoms with E-state index in [-0.39, 0.29) is 6.02 Å². The molecular formula is C9H20O3Si. The van der Waals surface area contributed by atoms with Gasteiger partial charge in [-0.1, -0.05) is 0 Å². The fourth-order valence-electron chi connectivity index (χ4n) is 1.10. The van der Waals surface area contributed by atoms with E-state index < -0.39 is 9.04 Å². The Morgan fingerprint density at radius 3 is 3.08 bits per heavy atom. The van der Waals surface area contributed by atoms with Crippen LogP contribution in [0.25, 0.3) is 0 Å². The monoisotopic (exact) mass is 205 g/mol. The number of rotatable bonds is 8. The van der Waals surface area contributed by atoms with Gasteiger partial charge in [0.05, 0.1) is 13.2 Å². The van der Waals surface area contributed by atoms with Crippen LogP contribution in [0.4, 0.5) is 0 Å². The van der Waals surface area contributed by atoms with Gasteiger partial charge in [0.2, 0.25) is 0 Å². The number of epoxide rings is 1. The fourth-order valence-corrected chi connectivity index (χ4v) is 2.36. The number of hydrogen-bond acceptors (Lipinski definition) is 3. The lowest BCUT2D eigenvalue weighted by Crippen LogP contribution is -2.14. The van der Waals surface area contributed by atoms with E-state index in [1.807, 2.05) is 6.92 Å². The van der Waals surface area contributed by atoms with Crippen LogP contribution in [0.1, 0.15) is 14.7 Å². The van der Waals surface area contributed by atoms with Crippen molar-refractivity contribution in [2.45, 2.75) is 32.0 Å². The summed E-state index contributed by atoms with van der Waals surface area (Å²) >= 11 is 0. The first-order valence-corrected chi connectivity index (χ1v) is 7.26. The molecule has 0 saturated carbocycles. The quantitative estimate of drug-likeness (QED) is 0.339. The Morgan fingerprint density at radius 2 is 2.46 bits per heavy atom. The predicted octanol–water partition coefficient (Wildman–Crippen LogP) is 1.18. The molecule has 0 aromatic carbocycles. The Labute approximate surface area is 83.5 Å². The second-order valence-electron chi connectivity index (χ2n) is 3.22. The third-order valence-corrected chi connectivity index (χ3v) is 3.75. The molecule has 3 unspecified atom stereocenters. The fraction of sp³-hybridized carbons (Fsp3) is 1.00. The van der Waals surface area contributed by atoms with E-state index >= 15 is 0 Å². The summed E-state index contributed by atoms with van der Waals surface area (Å²) in [4.78, 5) is 0. The maximum absolute atomic E-state index is 7.81. The van der Waals surface area contributed by atoms with Crippen LogP contribution < -0.4 is 0 Å². The molecule has 1 saturated heterocycles. The SMILES string of the molecule is [2H]C(CCOCC1CO1)[SiH](C)OCC. The largest absolute Gasteiger partial charge is 0.421 e. The van der Waals surface area contributed by atoms with E-state index in [9.17, 15) is 0 Å². The van der Waals surface area contributed by atoms with Gasteiger partial charge in [-0.3, -0.25) is 0 Å². The second kappa shape index (κ2) is 6.54. The summed E-state index contributed by atoms with van der Waals surface area (Å²) < 4.78 is 23.7. The van der Waals surface area contributed by atoms with Crippen LogP contribution in [0.2, 0.25) is 12.6 Å². The van der Waals surface area contributed by atoms with Crippen molar-refractivity contribution in [2.75, 3.05) is 26.4 Å². The van der Waals surface area contributed by atoms with Crippen molar-refractivity contribution in [1.82, 2.24) is 0 Å². The lowest BCUT2D eigenvalue weighted by molar-refractivity contribution is 0.116. The smallest absolute Gasteiger partial charge is 0.173 e. The molecular weight excluding hydrogens is 184 g/mol. The molecule has 1 aliphatic heterocycles. The van der Waals surface area contributed by atoms with Crippen molar-refractivity contribution >= 4 is 9.04 Å². The van der Waals surface area contributed by atoms with Crippen LogP contribution in [0.5, 0.6) is 0 Å². The molecule has 0 aliphatic carbocycles. The highest BCUT2D eigenvalue weighted by Crippen LogP contribution is 2.09. The average Bonchev–Trinajstić information content (AvgIpc) is 2.96. The Bertz CT molecular complexity index is 155. The minimum Gasteiger partial charge on any atom is -0.421 e. The Balaban J connectivity index is 1.92. The van der Waals surface area contributed by atoms with E-state index in [0.29, 0.717) is 19.3 Å². The van der Waals surface area contributed by atoms with Gasteiger partial charge in [0.25, 0.3) is 0 Å². The molecule has 0 N–H and O–H groups in total. The van der Waals surface area contributed by atoms with Gasteiger partial charge in [-0.05, 0) is 25.9 Å². The molecule has 1 fully saturated rings. The molecule has 1 heterocycles. The zero-order valence-corrected chi connectivity index (χ0v) is 9.65. The topological polar surface area (TPSA) is 31.0 Å². The average molecular weight is 205 g/mol. The Kier molecular flexibility index (Phi) is 4.85. The molecule has 3 nitrogen and oxygen atoms in total. The first-order chi connectivity index (χ1) is 6.74. The summed E-state index contributed by atoms with van der Waals surface area (Å²) in [5.41, 5.74) is 0. The van der Waals surface area contributed by atoms with Gasteiger partial charge in [0, 0.05) is 14.6 Å². The highest BCUT2D eigenvalue weighted by molar-refractivity contribution is 6.50. The van der Waals surface area contributed by atoms with Gasteiger partial charge in [-0.25, -0.2) is 0 Å². The maximum atomic E-state index is 7.81. The number of hydrogen-bond donors (Lipinski definition) is 0. The first-order valence-electron chi connectivity index (χ1n) is 5.55. The van der Waals surface area contributed by atoms with Crippen LogP contribution in [0, 0.1) is 0 Å². The minimum atomic E-state index is -1.29. The highest BCUT2D eigenvalue weighted by Gasteiger charge is 2.21. The summed E-state index contributed by atoms with van der Waals surface area (Å²) in [6, 6.07) is -0.0462. The zero-order valence-electron chi connectivity index (χ0n) is 9.49. The highest BCUT2D eigenvalue weighted by atomic mass is 28.3. The van der Waals surface area contributed by atoms with E-state index in [0.717, 1.165) is 19.6 Å². The van der Waals surface area contributed by atoms with Crippen molar-refractivity contribution in [3.63, 3.8) is 0 Å². The van der Waals surface area contributed by atoms with E-state index in [2.05, 4.69) is 6.55 Å². The molecule has 1 rings (SSSR count). The van der Waals surface area contributed by atoms with Gasteiger partial charge in [-0.15, -0.1) is 0 Å². The van der Waals surface area contributed by atoms with Crippen LogP contribution in [-0.4, -0.2) is 41.6 Å². The predicted molar refractivity (Wildman–Crippen MR) is 54.6 cm³/mol. The summed E-state index contributed by atoms with van der Waals surface area (Å²) in [5.74, 6) is 0. The molecule has 0 radical (unpaired) electrons. The van der Waals surface area contributed by atoms with Crippen molar-refractivity contribution in [3.8, 4) is 0 Å². The molecule has 78 valence electrons. The number of ether oxygens (including phenoxy) is 2. The lowest BCUT2D eigenvalue weighted by Gasteiger charge is -2.09. The zero-order chi connectivity index (χ0) is 10.4. The second-order valence-corrected chi connectivity index (χ2v) is 5.43. The van der Waals surface area contributed by atoms with Crippen LogP contribution >= 0.6 is 0 Å². The van der Waals surface area contributed by atoms with Gasteiger partial charge >= 0.3 is 0 Å². The first kappa shape index (κ1) is 9.64. The molecule has 0 amide bonds. The van der Waals surface area contributed by atoms with Gasteiger partial charge in [0.1, 0.15) is 6.10 Å². The van der Waals surface area contributed by atoms with E-state index in [1.54, 1.807) is 0 Å². The van der Waals surface area contributed by atoms with Crippen molar-refractivity contribution in [1.29, 1.82) is 0 Å². The van der Waals surface area contributed by atoms with Crippen LogP contribution in [0.3, 0.4) is 0 Å². The third-order valence-electron chi connectivity index (χ3n) is 1.90. The molecule has 0 aromatic rings. The molecule has 0 aromatic heterocycles. The Hall–Kier alpha value is 0.0969. The molecule has 0 spiro atoms. The minimum absolute atomic E-state index is 0.0462. The van der Waals surface area contributed by atoms with Crippen molar-refractivity contribution < 1.29 is 15.3 Å². The summed E-state index contributed by atoms with van der Waals surface area (Å²) in [6.45, 7) is 6.99. The maximum Gasteiger partial charge on any atom is 0.173 e. The third kappa shape index (κ3) is 6.21. The molecule has 13 heavy (non-hydrogen) atoms. The van der Waals surface area contributed by atoms with Crippen LogP contribution in [0.15, 0.2) is 0 Å². The van der Waals surface area contributed by atoms with Gasteiger partial charge < -0.3 is 13.9 Å². The van der Waals surface area contributed by atoms with Crippen molar-refractivity contribution in [2.24, 2.45) is 0 Å². The van der Waals surface area contributed by atoms with Gasteiger partial charge in [-0.2, -0.15) is 0 Å². The van der Waals surface area contributed by atoms with Crippen LogP contribution in [-0.2, 0) is 13.9 Å². The molecule has 3 atom stereocenters. The van der Waals surface area contributed by atoms with E-state index in [1.165, 1.54) is 0 Å². The summed E-state index contributed by atoms with van der Waals surface area (Å²) in [6.07, 6.45) is 1.13. The summed E-state index contributed by atoms with van der Waals surface area (Å²) in [7, 11) is -1.29. The molecule has 0 bridgehead atoms. The van der Waals surface area contributed by atoms with Crippen molar-refractivity contribution in [3.05, 3.63) is 0 Å².